The Morgan fingerprint density at radius 1 is 1.10 bits per heavy atom. The highest BCUT2D eigenvalue weighted by atomic mass is 79.9. The predicted octanol–water partition coefficient (Wildman–Crippen LogP) is 5.93. The highest BCUT2D eigenvalue weighted by Gasteiger charge is 2.33. The molecule has 0 aliphatic carbocycles. The molecule has 0 saturated carbocycles. The average Bonchev–Trinajstić information content (AvgIpc) is 3.26. The normalized spacial score (nSPS) is 14.9. The Labute approximate surface area is 256 Å². The van der Waals surface area contributed by atoms with Crippen molar-refractivity contribution in [3.8, 4) is 11.5 Å². The lowest BCUT2D eigenvalue weighted by Crippen LogP contribution is -2.39. The summed E-state index contributed by atoms with van der Waals surface area (Å²) in [5.41, 5.74) is 3.29. The van der Waals surface area contributed by atoms with Crippen LogP contribution in [0.4, 0.5) is 0 Å². The first-order valence-electron chi connectivity index (χ1n) is 13.7. The molecule has 0 amide bonds. The van der Waals surface area contributed by atoms with Crippen molar-refractivity contribution >= 4 is 39.3 Å². The number of thiazole rings is 1. The third-order valence-electron chi connectivity index (χ3n) is 6.58. The van der Waals surface area contributed by atoms with Crippen LogP contribution in [0.5, 0.6) is 11.5 Å². The molecule has 0 bridgehead atoms. The maximum Gasteiger partial charge on any atom is 0.338 e. The number of nitrogens with zero attached hydrogens (tertiary/aromatic N) is 2. The molecule has 216 valence electrons. The number of ether oxygens (including phenoxy) is 3. The topological polar surface area (TPSA) is 79.1 Å². The van der Waals surface area contributed by atoms with Crippen molar-refractivity contribution < 1.29 is 19.0 Å². The molecule has 1 aromatic heterocycles. The van der Waals surface area contributed by atoms with Crippen molar-refractivity contribution in [1.29, 1.82) is 0 Å². The molecule has 0 spiro atoms. The van der Waals surface area contributed by atoms with E-state index in [0.29, 0.717) is 38.7 Å². The van der Waals surface area contributed by atoms with Crippen molar-refractivity contribution in [3.05, 3.63) is 125 Å². The van der Waals surface area contributed by atoms with Gasteiger partial charge in [0.1, 0.15) is 18.1 Å². The van der Waals surface area contributed by atoms with Gasteiger partial charge in [-0.15, -0.1) is 0 Å². The van der Waals surface area contributed by atoms with Crippen molar-refractivity contribution in [2.24, 2.45) is 4.99 Å². The molecule has 0 N–H and O–H groups in total. The van der Waals surface area contributed by atoms with Crippen molar-refractivity contribution in [2.75, 3.05) is 6.61 Å². The smallest absolute Gasteiger partial charge is 0.338 e. The SMILES string of the molecule is CCOC(=O)C1=C(C)N=c2s/c(=C\c3ccc(OCc4ccccc4)c(Br)c3)c(=O)n2[C@H]1c1ccc(OC(C)C)cc1. The van der Waals surface area contributed by atoms with Gasteiger partial charge in [-0.3, -0.25) is 9.36 Å². The van der Waals surface area contributed by atoms with Gasteiger partial charge < -0.3 is 14.2 Å². The summed E-state index contributed by atoms with van der Waals surface area (Å²) in [6.45, 7) is 8.11. The quantitative estimate of drug-likeness (QED) is 0.211. The van der Waals surface area contributed by atoms with Gasteiger partial charge in [0.2, 0.25) is 0 Å². The van der Waals surface area contributed by atoms with Crippen LogP contribution in [0, 0.1) is 0 Å². The zero-order valence-electron chi connectivity index (χ0n) is 23.8. The van der Waals surface area contributed by atoms with Gasteiger partial charge in [0, 0.05) is 0 Å². The van der Waals surface area contributed by atoms with E-state index in [4.69, 9.17) is 14.2 Å². The largest absolute Gasteiger partial charge is 0.491 e. The molecule has 4 aromatic rings. The number of hydrogen-bond donors (Lipinski definition) is 0. The number of benzene rings is 3. The van der Waals surface area contributed by atoms with Gasteiger partial charge >= 0.3 is 5.97 Å². The molecule has 1 atom stereocenters. The van der Waals surface area contributed by atoms with Crippen molar-refractivity contribution in [3.63, 3.8) is 0 Å². The molecule has 0 saturated heterocycles. The van der Waals surface area contributed by atoms with Gasteiger partial charge in [0.05, 0.1) is 39.0 Å². The van der Waals surface area contributed by atoms with E-state index >= 15 is 0 Å². The molecule has 2 heterocycles. The minimum Gasteiger partial charge on any atom is -0.491 e. The molecule has 7 nitrogen and oxygen atoms in total. The molecular weight excluding hydrogens is 616 g/mol. The number of rotatable bonds is 9. The molecule has 1 aliphatic rings. The monoisotopic (exact) mass is 646 g/mol. The Kier molecular flexibility index (Phi) is 9.09. The molecule has 5 rings (SSSR count). The second kappa shape index (κ2) is 12.9. The van der Waals surface area contributed by atoms with E-state index in [0.717, 1.165) is 21.2 Å². The summed E-state index contributed by atoms with van der Waals surface area (Å²) in [5.74, 6) is 0.925. The summed E-state index contributed by atoms with van der Waals surface area (Å²) in [5, 5.41) is 0. The van der Waals surface area contributed by atoms with Crippen LogP contribution in [0.2, 0.25) is 0 Å². The van der Waals surface area contributed by atoms with E-state index < -0.39 is 12.0 Å². The molecule has 1 aliphatic heterocycles. The van der Waals surface area contributed by atoms with Crippen LogP contribution < -0.4 is 24.4 Å². The van der Waals surface area contributed by atoms with E-state index in [1.54, 1.807) is 18.4 Å². The summed E-state index contributed by atoms with van der Waals surface area (Å²) in [7, 11) is 0. The number of hydrogen-bond acceptors (Lipinski definition) is 7. The first-order chi connectivity index (χ1) is 20.2. The highest BCUT2D eigenvalue weighted by molar-refractivity contribution is 9.10. The Hall–Kier alpha value is -3.95. The Bertz CT molecular complexity index is 1810. The molecule has 9 heteroatoms. The van der Waals surface area contributed by atoms with Crippen LogP contribution in [-0.2, 0) is 16.1 Å². The standard InChI is InChI=1S/C33H31BrN2O5S/c1-5-39-32(38)29-21(4)35-33-36(30(29)24-12-14-25(15-13-24)41-20(2)3)31(37)28(42-33)18-23-11-16-27(26(34)17-23)40-19-22-9-7-6-8-10-22/h6-18,20,30H,5,19H2,1-4H3/b28-18-/t30-/m0/s1. The van der Waals surface area contributed by atoms with Crippen molar-refractivity contribution in [2.45, 2.75) is 46.4 Å². The zero-order chi connectivity index (χ0) is 29.8. The molecule has 0 radical (unpaired) electrons. The number of carbonyl (C=O) groups excluding carboxylic acids is 1. The first kappa shape index (κ1) is 29.5. The molecule has 42 heavy (non-hydrogen) atoms. The van der Waals surface area contributed by atoms with Gasteiger partial charge in [-0.2, -0.15) is 0 Å². The van der Waals surface area contributed by atoms with Gasteiger partial charge in [0.25, 0.3) is 5.56 Å². The molecular formula is C33H31BrN2O5S. The molecule has 0 fully saturated rings. The second-order valence-corrected chi connectivity index (χ2v) is 11.9. The van der Waals surface area contributed by atoms with Crippen LogP contribution in [0.25, 0.3) is 6.08 Å². The van der Waals surface area contributed by atoms with E-state index in [2.05, 4.69) is 20.9 Å². The number of carbonyl (C=O) groups is 1. The lowest BCUT2D eigenvalue weighted by atomic mass is 9.96. The van der Waals surface area contributed by atoms with Gasteiger partial charge in [-0.25, -0.2) is 9.79 Å². The predicted molar refractivity (Wildman–Crippen MR) is 168 cm³/mol. The third-order valence-corrected chi connectivity index (χ3v) is 8.18. The summed E-state index contributed by atoms with van der Waals surface area (Å²) in [4.78, 5) is 32.2. The summed E-state index contributed by atoms with van der Waals surface area (Å²) in [6, 6.07) is 22.4. The lowest BCUT2D eigenvalue weighted by molar-refractivity contribution is -0.139. The van der Waals surface area contributed by atoms with Crippen LogP contribution >= 0.6 is 27.3 Å². The number of allylic oxidation sites excluding steroid dienone is 1. The summed E-state index contributed by atoms with van der Waals surface area (Å²) >= 11 is 4.89. The van der Waals surface area contributed by atoms with Gasteiger partial charge in [-0.05, 0) is 90.7 Å². The van der Waals surface area contributed by atoms with Crippen LogP contribution in [0.15, 0.2) is 98.3 Å². The summed E-state index contributed by atoms with van der Waals surface area (Å²) in [6.07, 6.45) is 1.85. The number of esters is 1. The maximum absolute atomic E-state index is 13.9. The minimum atomic E-state index is -0.684. The number of halogens is 1. The Morgan fingerprint density at radius 3 is 2.50 bits per heavy atom. The van der Waals surface area contributed by atoms with Gasteiger partial charge in [0.15, 0.2) is 4.80 Å². The minimum absolute atomic E-state index is 0.0234. The fraction of sp³-hybridized carbons (Fsp3) is 0.242. The van der Waals surface area contributed by atoms with Crippen LogP contribution in [0.3, 0.4) is 0 Å². The van der Waals surface area contributed by atoms with Crippen LogP contribution in [-0.4, -0.2) is 23.2 Å². The van der Waals surface area contributed by atoms with Gasteiger partial charge in [-0.1, -0.05) is 59.9 Å². The van der Waals surface area contributed by atoms with E-state index in [1.807, 2.05) is 92.7 Å². The third kappa shape index (κ3) is 6.42. The fourth-order valence-corrected chi connectivity index (χ4v) is 6.28. The Balaban J connectivity index is 1.52. The van der Waals surface area contributed by atoms with E-state index in [9.17, 15) is 9.59 Å². The molecule has 0 unspecified atom stereocenters. The van der Waals surface area contributed by atoms with E-state index in [1.165, 1.54) is 11.3 Å². The number of aromatic nitrogens is 1. The summed E-state index contributed by atoms with van der Waals surface area (Å²) < 4.78 is 20.0. The first-order valence-corrected chi connectivity index (χ1v) is 15.3. The Morgan fingerprint density at radius 2 is 1.83 bits per heavy atom. The number of fused-ring (bicyclic) bond motifs is 1. The highest BCUT2D eigenvalue weighted by Crippen LogP contribution is 2.32. The maximum atomic E-state index is 13.9. The molecule has 3 aromatic carbocycles. The fourth-order valence-electron chi connectivity index (χ4n) is 4.72. The zero-order valence-corrected chi connectivity index (χ0v) is 26.2. The van der Waals surface area contributed by atoms with Crippen LogP contribution in [0.1, 0.15) is 50.4 Å². The van der Waals surface area contributed by atoms with Crippen molar-refractivity contribution in [1.82, 2.24) is 4.57 Å². The lowest BCUT2D eigenvalue weighted by Gasteiger charge is -2.25. The van der Waals surface area contributed by atoms with E-state index in [-0.39, 0.29) is 18.3 Å². The second-order valence-electron chi connectivity index (χ2n) is 10.0. The average molecular weight is 648 g/mol.